The third kappa shape index (κ3) is 4.67. The zero-order chi connectivity index (χ0) is 25.4. The molecule has 1 aliphatic carbocycles. The van der Waals surface area contributed by atoms with E-state index in [0.29, 0.717) is 17.2 Å². The van der Waals surface area contributed by atoms with Crippen LogP contribution in [0.25, 0.3) is 6.08 Å². The van der Waals surface area contributed by atoms with Crippen LogP contribution in [0.2, 0.25) is 0 Å². The van der Waals surface area contributed by atoms with E-state index < -0.39 is 0 Å². The molecular formula is C29H24F2N2O4. The van der Waals surface area contributed by atoms with Crippen LogP contribution >= 0.6 is 0 Å². The van der Waals surface area contributed by atoms with E-state index in [1.807, 2.05) is 6.08 Å². The number of halogens is 2. The minimum absolute atomic E-state index is 0.0413. The second kappa shape index (κ2) is 9.69. The lowest BCUT2D eigenvalue weighted by atomic mass is 9.77. The van der Waals surface area contributed by atoms with E-state index in [2.05, 4.69) is 0 Å². The predicted molar refractivity (Wildman–Crippen MR) is 133 cm³/mol. The van der Waals surface area contributed by atoms with Crippen molar-refractivity contribution in [2.24, 2.45) is 11.0 Å². The molecule has 0 spiro atoms. The Kier molecular flexibility index (Phi) is 6.08. The van der Waals surface area contributed by atoms with E-state index in [9.17, 15) is 13.6 Å². The summed E-state index contributed by atoms with van der Waals surface area (Å²) in [5.41, 5.74) is 3.53. The number of nitrogens with zero attached hydrogens (tertiary/aromatic N) is 2. The number of carbonyl (C=O) groups excluding carboxylic acids is 1. The number of amides is 1. The van der Waals surface area contributed by atoms with E-state index in [1.165, 1.54) is 29.3 Å². The lowest BCUT2D eigenvalue weighted by Crippen LogP contribution is -2.34. The number of hydrogen-bond donors (Lipinski definition) is 0. The first-order valence-electron chi connectivity index (χ1n) is 12.2. The van der Waals surface area contributed by atoms with Crippen LogP contribution in [0.1, 0.15) is 36.4 Å². The quantitative estimate of drug-likeness (QED) is 0.436. The number of allylic oxidation sites excluding steroid dienone is 1. The van der Waals surface area contributed by atoms with Crippen molar-refractivity contribution in [1.29, 1.82) is 0 Å². The van der Waals surface area contributed by atoms with Crippen LogP contribution in [0.15, 0.2) is 77.4 Å². The predicted octanol–water partition coefficient (Wildman–Crippen LogP) is 5.90. The maximum absolute atomic E-state index is 13.7. The molecule has 2 aliphatic heterocycles. The molecule has 3 aromatic rings. The average Bonchev–Trinajstić information content (AvgIpc) is 3.54. The van der Waals surface area contributed by atoms with Gasteiger partial charge in [0.2, 0.25) is 6.79 Å². The van der Waals surface area contributed by atoms with E-state index in [4.69, 9.17) is 19.3 Å². The molecule has 3 aromatic carbocycles. The molecule has 3 aliphatic rings. The SMILES string of the molecule is O=C(COc1ccc2c(c1)OCO2)N1N=C2/C(=C/c3ccc(F)cc3)CCCC2C1c1ccc(F)cc1. The van der Waals surface area contributed by atoms with Crippen LogP contribution in [-0.2, 0) is 4.79 Å². The standard InChI is InChI=1S/C29H24F2N2O4/c30-21-8-4-18(5-9-21)14-20-2-1-3-24-28(20)32-33(29(24)19-6-10-22(31)11-7-19)27(34)16-35-23-12-13-25-26(15-23)37-17-36-25/h4-15,24,29H,1-3,16-17H2/b20-14+. The normalized spacial score (nSPS) is 21.1. The summed E-state index contributed by atoms with van der Waals surface area (Å²) in [6.45, 7) is -0.0741. The molecule has 6 nitrogen and oxygen atoms in total. The molecule has 0 saturated heterocycles. The van der Waals surface area contributed by atoms with Crippen LogP contribution in [-0.4, -0.2) is 30.0 Å². The fraction of sp³-hybridized carbons (Fsp3) is 0.241. The Balaban J connectivity index is 1.29. The highest BCUT2D eigenvalue weighted by molar-refractivity contribution is 6.08. The van der Waals surface area contributed by atoms with Crippen molar-refractivity contribution in [2.75, 3.05) is 13.4 Å². The van der Waals surface area contributed by atoms with Crippen LogP contribution in [0.3, 0.4) is 0 Å². The zero-order valence-electron chi connectivity index (χ0n) is 19.9. The van der Waals surface area contributed by atoms with Gasteiger partial charge in [-0.2, -0.15) is 5.10 Å². The van der Waals surface area contributed by atoms with Gasteiger partial charge < -0.3 is 14.2 Å². The molecule has 2 heterocycles. The van der Waals surface area contributed by atoms with E-state index in [0.717, 1.165) is 41.7 Å². The first kappa shape index (κ1) is 23.2. The Labute approximate surface area is 212 Å². The summed E-state index contributed by atoms with van der Waals surface area (Å²) in [5.74, 6) is 0.695. The number of hydrazone groups is 1. The Morgan fingerprint density at radius 1 is 1.00 bits per heavy atom. The van der Waals surface area contributed by atoms with Gasteiger partial charge in [-0.3, -0.25) is 4.79 Å². The van der Waals surface area contributed by atoms with Gasteiger partial charge in [-0.1, -0.05) is 24.3 Å². The highest BCUT2D eigenvalue weighted by Gasteiger charge is 2.43. The monoisotopic (exact) mass is 502 g/mol. The Bertz CT molecular complexity index is 1390. The Morgan fingerprint density at radius 2 is 1.73 bits per heavy atom. The molecule has 0 radical (unpaired) electrons. The second-order valence-electron chi connectivity index (χ2n) is 9.24. The van der Waals surface area contributed by atoms with Gasteiger partial charge in [-0.15, -0.1) is 0 Å². The van der Waals surface area contributed by atoms with Gasteiger partial charge in [0.15, 0.2) is 18.1 Å². The number of ether oxygens (including phenoxy) is 3. The maximum Gasteiger partial charge on any atom is 0.281 e. The van der Waals surface area contributed by atoms with Crippen molar-refractivity contribution in [3.05, 3.63) is 95.1 Å². The molecule has 2 atom stereocenters. The summed E-state index contributed by atoms with van der Waals surface area (Å²) >= 11 is 0. The van der Waals surface area contributed by atoms with Crippen molar-refractivity contribution in [2.45, 2.75) is 25.3 Å². The van der Waals surface area contributed by atoms with Crippen molar-refractivity contribution < 1.29 is 27.8 Å². The molecule has 0 aromatic heterocycles. The van der Waals surface area contributed by atoms with E-state index >= 15 is 0 Å². The lowest BCUT2D eigenvalue weighted by molar-refractivity contribution is -0.135. The number of hydrogen-bond acceptors (Lipinski definition) is 5. The molecule has 37 heavy (non-hydrogen) atoms. The summed E-state index contributed by atoms with van der Waals surface area (Å²) in [4.78, 5) is 13.5. The fourth-order valence-corrected chi connectivity index (χ4v) is 5.14. The topological polar surface area (TPSA) is 60.4 Å². The smallest absolute Gasteiger partial charge is 0.281 e. The van der Waals surface area contributed by atoms with Crippen molar-refractivity contribution in [3.8, 4) is 17.2 Å². The van der Waals surface area contributed by atoms with Gasteiger partial charge in [0.1, 0.15) is 17.4 Å². The van der Waals surface area contributed by atoms with Gasteiger partial charge in [-0.25, -0.2) is 13.8 Å². The molecule has 1 amide bonds. The fourth-order valence-electron chi connectivity index (χ4n) is 5.14. The minimum Gasteiger partial charge on any atom is -0.484 e. The highest BCUT2D eigenvalue weighted by Crippen LogP contribution is 2.44. The number of rotatable bonds is 5. The summed E-state index contributed by atoms with van der Waals surface area (Å²) < 4.78 is 43.6. The molecule has 8 heteroatoms. The summed E-state index contributed by atoms with van der Waals surface area (Å²) in [6, 6.07) is 17.3. The van der Waals surface area contributed by atoms with Crippen LogP contribution in [0.5, 0.6) is 17.2 Å². The largest absolute Gasteiger partial charge is 0.484 e. The van der Waals surface area contributed by atoms with E-state index in [-0.39, 0.29) is 42.9 Å². The molecule has 1 fully saturated rings. The van der Waals surface area contributed by atoms with Crippen molar-refractivity contribution in [3.63, 3.8) is 0 Å². The Morgan fingerprint density at radius 3 is 2.51 bits per heavy atom. The average molecular weight is 503 g/mol. The van der Waals surface area contributed by atoms with Gasteiger partial charge in [-0.05, 0) is 78.4 Å². The molecule has 2 unspecified atom stereocenters. The molecule has 0 N–H and O–H groups in total. The summed E-state index contributed by atoms with van der Waals surface area (Å²) in [5, 5.41) is 6.27. The van der Waals surface area contributed by atoms with Gasteiger partial charge in [0.25, 0.3) is 5.91 Å². The highest BCUT2D eigenvalue weighted by atomic mass is 19.1. The summed E-state index contributed by atoms with van der Waals surface area (Å²) in [7, 11) is 0. The molecule has 188 valence electrons. The van der Waals surface area contributed by atoms with Crippen LogP contribution in [0.4, 0.5) is 8.78 Å². The molecule has 6 rings (SSSR count). The third-order valence-corrected chi connectivity index (χ3v) is 6.89. The number of benzene rings is 3. The van der Waals surface area contributed by atoms with Crippen LogP contribution in [0, 0.1) is 17.6 Å². The molecule has 0 bridgehead atoms. The lowest BCUT2D eigenvalue weighted by Gasteiger charge is -2.29. The first-order chi connectivity index (χ1) is 18.0. The van der Waals surface area contributed by atoms with Crippen molar-refractivity contribution in [1.82, 2.24) is 5.01 Å². The zero-order valence-corrected chi connectivity index (χ0v) is 19.9. The van der Waals surface area contributed by atoms with Gasteiger partial charge in [0, 0.05) is 12.0 Å². The number of carbonyl (C=O) groups is 1. The van der Waals surface area contributed by atoms with E-state index in [1.54, 1.807) is 42.5 Å². The maximum atomic E-state index is 13.7. The number of fused-ring (bicyclic) bond motifs is 2. The van der Waals surface area contributed by atoms with Crippen LogP contribution < -0.4 is 14.2 Å². The van der Waals surface area contributed by atoms with Crippen molar-refractivity contribution >= 4 is 17.7 Å². The Hall–Kier alpha value is -4.20. The minimum atomic E-state index is -0.375. The third-order valence-electron chi connectivity index (χ3n) is 6.89. The molecule has 1 saturated carbocycles. The summed E-state index contributed by atoms with van der Waals surface area (Å²) in [6.07, 6.45) is 4.57. The van der Waals surface area contributed by atoms with Gasteiger partial charge >= 0.3 is 0 Å². The second-order valence-corrected chi connectivity index (χ2v) is 9.24. The molecular weight excluding hydrogens is 478 g/mol. The first-order valence-corrected chi connectivity index (χ1v) is 12.2. The van der Waals surface area contributed by atoms with Gasteiger partial charge in [0.05, 0.1) is 11.8 Å².